The standard InChI is InChI=1S/C20H29FO3/c1-5-10-22-18-11-19(4)17(12-20(18,24-19)14(2)3)23-13-15-8-6-7-9-16(15)21/h6-9,14,17-18H,5,10-13H2,1-4H3/t17-,18+,19+,20-/m1/s1. The van der Waals surface area contributed by atoms with Crippen molar-refractivity contribution in [1.29, 1.82) is 0 Å². The third-order valence-corrected chi connectivity index (χ3v) is 5.64. The summed E-state index contributed by atoms with van der Waals surface area (Å²) in [6, 6.07) is 6.79. The van der Waals surface area contributed by atoms with Crippen LogP contribution >= 0.6 is 0 Å². The number of ether oxygens (including phenoxy) is 3. The fraction of sp³-hybridized carbons (Fsp3) is 0.700. The van der Waals surface area contributed by atoms with Crippen molar-refractivity contribution < 1.29 is 18.6 Å². The van der Waals surface area contributed by atoms with Gasteiger partial charge in [0.2, 0.25) is 0 Å². The van der Waals surface area contributed by atoms with Crippen LogP contribution in [-0.4, -0.2) is 30.0 Å². The Labute approximate surface area is 144 Å². The Morgan fingerprint density at radius 2 is 1.96 bits per heavy atom. The third kappa shape index (κ3) is 3.00. The second kappa shape index (κ2) is 6.74. The lowest BCUT2D eigenvalue weighted by Crippen LogP contribution is -2.49. The molecule has 0 N–H and O–H groups in total. The molecule has 4 atom stereocenters. The van der Waals surface area contributed by atoms with E-state index in [0.717, 1.165) is 25.9 Å². The number of hydrogen-bond acceptors (Lipinski definition) is 3. The highest BCUT2D eigenvalue weighted by Crippen LogP contribution is 2.56. The van der Waals surface area contributed by atoms with Crippen molar-refractivity contribution >= 4 is 0 Å². The van der Waals surface area contributed by atoms with E-state index in [0.29, 0.717) is 11.5 Å². The highest BCUT2D eigenvalue weighted by molar-refractivity contribution is 5.18. The van der Waals surface area contributed by atoms with E-state index in [2.05, 4.69) is 27.7 Å². The van der Waals surface area contributed by atoms with Gasteiger partial charge in [0, 0.05) is 25.0 Å². The average molecular weight is 336 g/mol. The predicted molar refractivity (Wildman–Crippen MR) is 91.3 cm³/mol. The van der Waals surface area contributed by atoms with E-state index in [1.807, 2.05) is 6.07 Å². The molecule has 134 valence electrons. The lowest BCUT2D eigenvalue weighted by molar-refractivity contribution is -0.118. The molecule has 2 aliphatic heterocycles. The van der Waals surface area contributed by atoms with Crippen LogP contribution in [-0.2, 0) is 20.8 Å². The molecule has 24 heavy (non-hydrogen) atoms. The van der Waals surface area contributed by atoms with Crippen molar-refractivity contribution in [2.75, 3.05) is 6.61 Å². The van der Waals surface area contributed by atoms with Gasteiger partial charge >= 0.3 is 0 Å². The zero-order valence-corrected chi connectivity index (χ0v) is 15.2. The molecule has 1 aromatic rings. The summed E-state index contributed by atoms with van der Waals surface area (Å²) < 4.78 is 32.5. The zero-order chi connectivity index (χ0) is 17.4. The first-order valence-electron chi connectivity index (χ1n) is 9.08. The van der Waals surface area contributed by atoms with Gasteiger partial charge in [-0.15, -0.1) is 0 Å². The molecule has 2 aliphatic rings. The first-order valence-corrected chi connectivity index (χ1v) is 9.08. The minimum Gasteiger partial charge on any atom is -0.375 e. The molecule has 0 amide bonds. The highest BCUT2D eigenvalue weighted by Gasteiger charge is 2.66. The van der Waals surface area contributed by atoms with E-state index in [4.69, 9.17) is 14.2 Å². The van der Waals surface area contributed by atoms with Gasteiger partial charge in [0.15, 0.2) is 0 Å². The predicted octanol–water partition coefficient (Wildman–Crippen LogP) is 4.48. The van der Waals surface area contributed by atoms with Crippen molar-refractivity contribution in [3.63, 3.8) is 0 Å². The summed E-state index contributed by atoms with van der Waals surface area (Å²) in [4.78, 5) is 0. The van der Waals surface area contributed by atoms with E-state index in [9.17, 15) is 4.39 Å². The van der Waals surface area contributed by atoms with Crippen molar-refractivity contribution in [2.24, 2.45) is 5.92 Å². The first kappa shape index (κ1) is 17.8. The minimum absolute atomic E-state index is 0.0269. The molecule has 0 unspecified atom stereocenters. The third-order valence-electron chi connectivity index (χ3n) is 5.64. The molecular weight excluding hydrogens is 307 g/mol. The van der Waals surface area contributed by atoms with E-state index >= 15 is 0 Å². The Bertz CT molecular complexity index is 576. The number of halogens is 1. The smallest absolute Gasteiger partial charge is 0.128 e. The Hall–Kier alpha value is -0.970. The second-order valence-electron chi connectivity index (χ2n) is 7.68. The van der Waals surface area contributed by atoms with Gasteiger partial charge in [0.25, 0.3) is 0 Å². The van der Waals surface area contributed by atoms with Crippen molar-refractivity contribution in [3.8, 4) is 0 Å². The molecule has 2 fully saturated rings. The van der Waals surface area contributed by atoms with Crippen LogP contribution in [0.2, 0.25) is 0 Å². The van der Waals surface area contributed by atoms with Gasteiger partial charge in [-0.05, 0) is 25.3 Å². The van der Waals surface area contributed by atoms with Crippen LogP contribution in [0.3, 0.4) is 0 Å². The van der Waals surface area contributed by atoms with Crippen molar-refractivity contribution in [1.82, 2.24) is 0 Å². The summed E-state index contributed by atoms with van der Waals surface area (Å²) in [7, 11) is 0. The molecule has 2 saturated heterocycles. The maximum Gasteiger partial charge on any atom is 0.128 e. The average Bonchev–Trinajstić information content (AvgIpc) is 3.01. The molecule has 0 aromatic heterocycles. The van der Waals surface area contributed by atoms with Gasteiger partial charge in [-0.2, -0.15) is 0 Å². The van der Waals surface area contributed by atoms with Crippen LogP contribution < -0.4 is 0 Å². The molecule has 0 saturated carbocycles. The molecule has 1 aromatic carbocycles. The monoisotopic (exact) mass is 336 g/mol. The normalized spacial score (nSPS) is 35.1. The van der Waals surface area contributed by atoms with Gasteiger partial charge in [0.05, 0.1) is 24.4 Å². The molecular formula is C20H29FO3. The van der Waals surface area contributed by atoms with Gasteiger partial charge in [-0.1, -0.05) is 39.0 Å². The van der Waals surface area contributed by atoms with Gasteiger partial charge in [-0.3, -0.25) is 0 Å². The summed E-state index contributed by atoms with van der Waals surface area (Å²) in [5.74, 6) is 0.137. The molecule has 2 bridgehead atoms. The maximum atomic E-state index is 13.8. The van der Waals surface area contributed by atoms with E-state index in [1.165, 1.54) is 6.07 Å². The number of rotatable bonds is 7. The van der Waals surface area contributed by atoms with Gasteiger partial charge in [-0.25, -0.2) is 4.39 Å². The molecule has 0 spiro atoms. The van der Waals surface area contributed by atoms with Gasteiger partial charge < -0.3 is 14.2 Å². The number of hydrogen-bond donors (Lipinski definition) is 0. The molecule has 4 heteroatoms. The topological polar surface area (TPSA) is 27.7 Å². The lowest BCUT2D eigenvalue weighted by atomic mass is 9.73. The van der Waals surface area contributed by atoms with Crippen molar-refractivity contribution in [3.05, 3.63) is 35.6 Å². The Morgan fingerprint density at radius 1 is 1.21 bits per heavy atom. The molecule has 0 aliphatic carbocycles. The largest absolute Gasteiger partial charge is 0.375 e. The Morgan fingerprint density at radius 3 is 2.62 bits per heavy atom. The quantitative estimate of drug-likeness (QED) is 0.734. The molecule has 0 radical (unpaired) electrons. The SMILES string of the molecule is CCCO[C@H]1C[C@]2(C)O[C@@]1(C(C)C)C[C@H]2OCc1ccccc1F. The van der Waals surface area contributed by atoms with E-state index in [-0.39, 0.29) is 35.8 Å². The molecule has 3 nitrogen and oxygen atoms in total. The maximum absolute atomic E-state index is 13.8. The van der Waals surface area contributed by atoms with Crippen LogP contribution in [0.15, 0.2) is 24.3 Å². The number of benzene rings is 1. The van der Waals surface area contributed by atoms with E-state index < -0.39 is 0 Å². The number of fused-ring (bicyclic) bond motifs is 2. The van der Waals surface area contributed by atoms with Crippen LogP contribution in [0.1, 0.15) is 52.5 Å². The fourth-order valence-corrected chi connectivity index (χ4v) is 4.18. The van der Waals surface area contributed by atoms with Crippen LogP contribution in [0, 0.1) is 11.7 Å². The van der Waals surface area contributed by atoms with Crippen LogP contribution in [0.4, 0.5) is 4.39 Å². The summed E-state index contributed by atoms with van der Waals surface area (Å²) in [5.41, 5.74) is -0.0427. The van der Waals surface area contributed by atoms with Gasteiger partial charge in [0.1, 0.15) is 11.4 Å². The summed E-state index contributed by atoms with van der Waals surface area (Å²) in [5, 5.41) is 0. The van der Waals surface area contributed by atoms with E-state index in [1.54, 1.807) is 12.1 Å². The summed E-state index contributed by atoms with van der Waals surface area (Å²) in [6.07, 6.45) is 2.75. The lowest BCUT2D eigenvalue weighted by Gasteiger charge is -2.38. The summed E-state index contributed by atoms with van der Waals surface area (Å²) in [6.45, 7) is 9.65. The Balaban J connectivity index is 1.71. The highest BCUT2D eigenvalue weighted by atomic mass is 19.1. The van der Waals surface area contributed by atoms with Crippen LogP contribution in [0.25, 0.3) is 0 Å². The van der Waals surface area contributed by atoms with Crippen molar-refractivity contribution in [2.45, 2.75) is 77.0 Å². The second-order valence-corrected chi connectivity index (χ2v) is 7.68. The molecule has 3 rings (SSSR count). The zero-order valence-electron chi connectivity index (χ0n) is 15.2. The minimum atomic E-state index is -0.353. The fourth-order valence-electron chi connectivity index (χ4n) is 4.18. The molecule has 2 heterocycles. The first-order chi connectivity index (χ1) is 11.4. The van der Waals surface area contributed by atoms with Crippen LogP contribution in [0.5, 0.6) is 0 Å². The summed E-state index contributed by atoms with van der Waals surface area (Å²) >= 11 is 0. The Kier molecular flexibility index (Phi) is 5.01.